The summed E-state index contributed by atoms with van der Waals surface area (Å²) in [5.41, 5.74) is 2.67. The van der Waals surface area contributed by atoms with Gasteiger partial charge in [0.2, 0.25) is 0 Å². The van der Waals surface area contributed by atoms with Gasteiger partial charge in [0.05, 0.1) is 13.2 Å². The molecule has 20 heavy (non-hydrogen) atoms. The molecule has 114 valence electrons. The van der Waals surface area contributed by atoms with Crippen LogP contribution >= 0.6 is 0 Å². The van der Waals surface area contributed by atoms with Gasteiger partial charge in [-0.3, -0.25) is 0 Å². The van der Waals surface area contributed by atoms with Crippen molar-refractivity contribution in [1.82, 2.24) is 0 Å². The average molecular weight is 278 g/mol. The van der Waals surface area contributed by atoms with Crippen molar-refractivity contribution in [2.75, 3.05) is 13.2 Å². The normalized spacial score (nSPS) is 37.4. The number of rotatable bonds is 5. The van der Waals surface area contributed by atoms with Crippen molar-refractivity contribution in [3.8, 4) is 0 Å². The molecular formula is C18H30O2. The maximum absolute atomic E-state index is 5.68. The number of allylic oxidation sites excluding steroid dienone is 2. The molecule has 0 spiro atoms. The Morgan fingerprint density at radius 2 is 1.80 bits per heavy atom. The van der Waals surface area contributed by atoms with E-state index in [9.17, 15) is 0 Å². The minimum atomic E-state index is -0.299. The van der Waals surface area contributed by atoms with Crippen molar-refractivity contribution < 1.29 is 9.47 Å². The van der Waals surface area contributed by atoms with Crippen molar-refractivity contribution in [1.29, 1.82) is 0 Å². The minimum absolute atomic E-state index is 0.299. The fourth-order valence-electron chi connectivity index (χ4n) is 4.65. The number of fused-ring (bicyclic) bond motifs is 2. The first kappa shape index (κ1) is 14.6. The summed E-state index contributed by atoms with van der Waals surface area (Å²) in [4.78, 5) is 0. The van der Waals surface area contributed by atoms with Gasteiger partial charge in [0, 0.05) is 6.42 Å². The van der Waals surface area contributed by atoms with E-state index >= 15 is 0 Å². The highest BCUT2D eigenvalue weighted by molar-refractivity contribution is 5.31. The van der Waals surface area contributed by atoms with Crippen molar-refractivity contribution in [2.24, 2.45) is 16.7 Å². The summed E-state index contributed by atoms with van der Waals surface area (Å²) in [5.74, 6) is 0.521. The van der Waals surface area contributed by atoms with Gasteiger partial charge in [-0.25, -0.2) is 0 Å². The summed E-state index contributed by atoms with van der Waals surface area (Å²) in [5, 5.41) is 0. The van der Waals surface area contributed by atoms with Crippen molar-refractivity contribution >= 4 is 0 Å². The SMILES string of the molecule is CC1(CCCCC2=C[C@H]3CC[C@]2(C)C3(C)C)OCCO1. The zero-order chi connectivity index (χ0) is 14.4. The van der Waals surface area contributed by atoms with Crippen LogP contribution in [0.4, 0.5) is 0 Å². The zero-order valence-electron chi connectivity index (χ0n) is 13.6. The first-order chi connectivity index (χ1) is 9.37. The number of hydrogen-bond acceptors (Lipinski definition) is 2. The van der Waals surface area contributed by atoms with Gasteiger partial charge in [0.25, 0.3) is 0 Å². The second-order valence-corrected chi connectivity index (χ2v) is 7.93. The maximum atomic E-state index is 5.68. The summed E-state index contributed by atoms with van der Waals surface area (Å²) in [6, 6.07) is 0. The van der Waals surface area contributed by atoms with E-state index < -0.39 is 0 Å². The van der Waals surface area contributed by atoms with E-state index in [-0.39, 0.29) is 5.79 Å². The van der Waals surface area contributed by atoms with Gasteiger partial charge in [-0.05, 0) is 55.8 Å². The Bertz CT molecular complexity index is 404. The lowest BCUT2D eigenvalue weighted by Crippen LogP contribution is -2.30. The lowest BCUT2D eigenvalue weighted by Gasteiger charge is -2.38. The summed E-state index contributed by atoms with van der Waals surface area (Å²) < 4.78 is 11.4. The molecule has 1 aliphatic heterocycles. The van der Waals surface area contributed by atoms with Gasteiger partial charge in [-0.15, -0.1) is 0 Å². The third-order valence-electron chi connectivity index (χ3n) is 6.64. The molecule has 3 rings (SSSR count). The van der Waals surface area contributed by atoms with Crippen molar-refractivity contribution in [3.63, 3.8) is 0 Å². The van der Waals surface area contributed by atoms with Crippen molar-refractivity contribution in [3.05, 3.63) is 11.6 Å². The van der Waals surface area contributed by atoms with Crippen LogP contribution in [-0.2, 0) is 9.47 Å². The predicted octanol–water partition coefficient (Wildman–Crippen LogP) is 4.69. The van der Waals surface area contributed by atoms with Crippen LogP contribution in [-0.4, -0.2) is 19.0 Å². The van der Waals surface area contributed by atoms with Crippen molar-refractivity contribution in [2.45, 2.75) is 72.0 Å². The Hall–Kier alpha value is -0.340. The minimum Gasteiger partial charge on any atom is -0.348 e. The summed E-state index contributed by atoms with van der Waals surface area (Å²) in [7, 11) is 0. The molecule has 2 aliphatic carbocycles. The van der Waals surface area contributed by atoms with Gasteiger partial charge < -0.3 is 9.47 Å². The van der Waals surface area contributed by atoms with Crippen LogP contribution in [0.5, 0.6) is 0 Å². The van der Waals surface area contributed by atoms with E-state index in [1.165, 1.54) is 32.1 Å². The maximum Gasteiger partial charge on any atom is 0.165 e. The zero-order valence-corrected chi connectivity index (χ0v) is 13.6. The van der Waals surface area contributed by atoms with Gasteiger partial charge in [0.1, 0.15) is 0 Å². The highest BCUT2D eigenvalue weighted by atomic mass is 16.7. The van der Waals surface area contributed by atoms with E-state index in [0.29, 0.717) is 10.8 Å². The Kier molecular flexibility index (Phi) is 3.53. The molecule has 2 fully saturated rings. The summed E-state index contributed by atoms with van der Waals surface area (Å²) >= 11 is 0. The Morgan fingerprint density at radius 1 is 1.10 bits per heavy atom. The quantitative estimate of drug-likeness (QED) is 0.536. The van der Waals surface area contributed by atoms with Gasteiger partial charge in [-0.1, -0.05) is 32.4 Å². The molecule has 0 amide bonds. The van der Waals surface area contributed by atoms with Crippen LogP contribution in [0.25, 0.3) is 0 Å². The molecule has 2 bridgehead atoms. The molecule has 1 saturated carbocycles. The Morgan fingerprint density at radius 3 is 2.35 bits per heavy atom. The Labute approximate surface area is 123 Å². The lowest BCUT2D eigenvalue weighted by atomic mass is 9.67. The van der Waals surface area contributed by atoms with Crippen LogP contribution in [0.3, 0.4) is 0 Å². The largest absolute Gasteiger partial charge is 0.348 e. The monoisotopic (exact) mass is 278 g/mol. The molecule has 1 heterocycles. The second kappa shape index (κ2) is 4.84. The number of hydrogen-bond donors (Lipinski definition) is 0. The molecule has 0 aromatic carbocycles. The molecule has 2 atom stereocenters. The van der Waals surface area contributed by atoms with Crippen LogP contribution in [0.1, 0.15) is 66.2 Å². The second-order valence-electron chi connectivity index (χ2n) is 7.93. The van der Waals surface area contributed by atoms with Crippen LogP contribution in [0.15, 0.2) is 11.6 Å². The molecule has 0 N–H and O–H groups in total. The van der Waals surface area contributed by atoms with E-state index in [4.69, 9.17) is 9.47 Å². The predicted molar refractivity (Wildman–Crippen MR) is 81.5 cm³/mol. The van der Waals surface area contributed by atoms with Crippen LogP contribution in [0.2, 0.25) is 0 Å². The highest BCUT2D eigenvalue weighted by Crippen LogP contribution is 2.65. The van der Waals surface area contributed by atoms with Gasteiger partial charge >= 0.3 is 0 Å². The number of unbranched alkanes of at least 4 members (excludes halogenated alkanes) is 1. The van der Waals surface area contributed by atoms with Gasteiger partial charge in [-0.2, -0.15) is 0 Å². The third-order valence-corrected chi connectivity index (χ3v) is 6.64. The molecule has 2 nitrogen and oxygen atoms in total. The van der Waals surface area contributed by atoms with E-state index in [1.54, 1.807) is 5.57 Å². The molecule has 0 radical (unpaired) electrons. The first-order valence-electron chi connectivity index (χ1n) is 8.37. The summed E-state index contributed by atoms with van der Waals surface area (Å²) in [6.45, 7) is 11.0. The fraction of sp³-hybridized carbons (Fsp3) is 0.889. The highest BCUT2D eigenvalue weighted by Gasteiger charge is 2.56. The van der Waals surface area contributed by atoms with E-state index in [1.807, 2.05) is 0 Å². The third kappa shape index (κ3) is 2.16. The standard InChI is InChI=1S/C18H30O2/c1-16(2)14-8-10-17(16,3)15(13-14)7-5-6-9-18(4)19-11-12-20-18/h13-14H,5-12H2,1-4H3/t14-,17+/m1/s1. The molecular weight excluding hydrogens is 248 g/mol. The van der Waals surface area contributed by atoms with Crippen LogP contribution in [0, 0.1) is 16.7 Å². The molecule has 1 saturated heterocycles. The molecule has 2 heteroatoms. The smallest absolute Gasteiger partial charge is 0.165 e. The first-order valence-corrected chi connectivity index (χ1v) is 8.37. The van der Waals surface area contributed by atoms with Gasteiger partial charge in [0.15, 0.2) is 5.79 Å². The van der Waals surface area contributed by atoms with Crippen LogP contribution < -0.4 is 0 Å². The molecule has 0 unspecified atom stereocenters. The average Bonchev–Trinajstić information content (AvgIpc) is 2.96. The lowest BCUT2D eigenvalue weighted by molar-refractivity contribution is -0.147. The molecule has 3 aliphatic rings. The van der Waals surface area contributed by atoms with E-state index in [2.05, 4.69) is 33.8 Å². The fourth-order valence-corrected chi connectivity index (χ4v) is 4.65. The topological polar surface area (TPSA) is 18.5 Å². The number of ether oxygens (including phenoxy) is 2. The molecule has 0 aromatic heterocycles. The Balaban J connectivity index is 1.49. The summed E-state index contributed by atoms with van der Waals surface area (Å²) in [6.07, 6.45) is 10.2. The molecule has 0 aromatic rings. The van der Waals surface area contributed by atoms with E-state index in [0.717, 1.165) is 25.6 Å².